The van der Waals surface area contributed by atoms with Crippen molar-refractivity contribution in [1.29, 1.82) is 0 Å². The van der Waals surface area contributed by atoms with Gasteiger partial charge in [0, 0.05) is 22.6 Å². The fourth-order valence-corrected chi connectivity index (χ4v) is 4.24. The lowest BCUT2D eigenvalue weighted by Crippen LogP contribution is -2.34. The molecule has 2 amide bonds. The highest BCUT2D eigenvalue weighted by atomic mass is 35.5. The molecule has 1 aliphatic heterocycles. The average molecular weight is 409 g/mol. The monoisotopic (exact) mass is 408 g/mol. The van der Waals surface area contributed by atoms with Gasteiger partial charge in [0.1, 0.15) is 5.70 Å². The van der Waals surface area contributed by atoms with Gasteiger partial charge in [0.2, 0.25) is 0 Å². The maximum atomic E-state index is 13.5. The van der Waals surface area contributed by atoms with Crippen LogP contribution in [0.15, 0.2) is 71.7 Å². The van der Waals surface area contributed by atoms with Crippen molar-refractivity contribution in [3.8, 4) is 0 Å². The number of carbonyl (C=O) groups is 2. The van der Waals surface area contributed by atoms with Gasteiger partial charge in [-0.2, -0.15) is 0 Å². The molecule has 0 saturated heterocycles. The van der Waals surface area contributed by atoms with Gasteiger partial charge in [0.25, 0.3) is 11.8 Å². The minimum absolute atomic E-state index is 0.337. The van der Waals surface area contributed by atoms with E-state index in [1.807, 2.05) is 54.8 Å². The molecule has 6 heteroatoms. The van der Waals surface area contributed by atoms with Crippen molar-refractivity contribution in [2.45, 2.75) is 6.92 Å². The molecule has 0 aliphatic carbocycles. The number of amides is 2. The van der Waals surface area contributed by atoms with Crippen LogP contribution in [0.4, 0.5) is 11.4 Å². The molecule has 2 heterocycles. The van der Waals surface area contributed by atoms with E-state index in [0.29, 0.717) is 27.5 Å². The molecule has 3 aromatic rings. The van der Waals surface area contributed by atoms with Crippen LogP contribution in [0.1, 0.15) is 10.4 Å². The van der Waals surface area contributed by atoms with Crippen molar-refractivity contribution in [3.05, 3.63) is 87.2 Å². The van der Waals surface area contributed by atoms with Crippen LogP contribution in [0.2, 0.25) is 5.02 Å². The molecule has 4 nitrogen and oxygen atoms in total. The SMILES string of the molecule is Cc1c(Cl)cccc1N1C(=O)C(c2cccs2)=C(N(C)c2ccccc2)C1=O. The van der Waals surface area contributed by atoms with Crippen LogP contribution in [-0.4, -0.2) is 18.9 Å². The van der Waals surface area contributed by atoms with Gasteiger partial charge in [-0.1, -0.05) is 41.9 Å². The third-order valence-electron chi connectivity index (χ3n) is 4.79. The highest BCUT2D eigenvalue weighted by molar-refractivity contribution is 7.11. The molecule has 0 atom stereocenters. The molecular weight excluding hydrogens is 392 g/mol. The maximum Gasteiger partial charge on any atom is 0.282 e. The number of benzene rings is 2. The van der Waals surface area contributed by atoms with Crippen molar-refractivity contribution < 1.29 is 9.59 Å². The molecule has 0 spiro atoms. The Hall–Kier alpha value is -2.89. The van der Waals surface area contributed by atoms with E-state index in [1.54, 1.807) is 30.1 Å². The number of thiophene rings is 1. The summed E-state index contributed by atoms with van der Waals surface area (Å²) in [5.41, 5.74) is 2.80. The van der Waals surface area contributed by atoms with E-state index in [-0.39, 0.29) is 11.8 Å². The molecular formula is C22H17ClN2O2S. The number of imide groups is 1. The second-order valence-electron chi connectivity index (χ2n) is 6.43. The van der Waals surface area contributed by atoms with Crippen LogP contribution in [0, 0.1) is 6.92 Å². The molecule has 28 heavy (non-hydrogen) atoms. The van der Waals surface area contributed by atoms with Crippen LogP contribution in [0.25, 0.3) is 5.57 Å². The quantitative estimate of drug-likeness (QED) is 0.562. The Labute approximate surface area is 172 Å². The Morgan fingerprint density at radius 3 is 2.36 bits per heavy atom. The first-order valence-corrected chi connectivity index (χ1v) is 9.97. The van der Waals surface area contributed by atoms with Crippen LogP contribution >= 0.6 is 22.9 Å². The molecule has 0 radical (unpaired) electrons. The van der Waals surface area contributed by atoms with E-state index < -0.39 is 0 Å². The molecule has 0 saturated carbocycles. The van der Waals surface area contributed by atoms with Gasteiger partial charge in [-0.25, -0.2) is 4.90 Å². The minimum Gasteiger partial charge on any atom is -0.339 e. The van der Waals surface area contributed by atoms with Crippen LogP contribution < -0.4 is 9.80 Å². The average Bonchev–Trinajstić information content (AvgIpc) is 3.31. The zero-order valence-electron chi connectivity index (χ0n) is 15.3. The number of carbonyl (C=O) groups excluding carboxylic acids is 2. The summed E-state index contributed by atoms with van der Waals surface area (Å²) >= 11 is 7.68. The summed E-state index contributed by atoms with van der Waals surface area (Å²) in [6.45, 7) is 1.81. The van der Waals surface area contributed by atoms with Crippen LogP contribution in [0.5, 0.6) is 0 Å². The van der Waals surface area contributed by atoms with Crippen molar-refractivity contribution in [2.24, 2.45) is 0 Å². The Morgan fingerprint density at radius 2 is 1.68 bits per heavy atom. The summed E-state index contributed by atoms with van der Waals surface area (Å²) in [7, 11) is 1.80. The van der Waals surface area contributed by atoms with E-state index in [4.69, 9.17) is 11.6 Å². The molecule has 140 valence electrons. The predicted molar refractivity (Wildman–Crippen MR) is 115 cm³/mol. The minimum atomic E-state index is -0.356. The van der Waals surface area contributed by atoms with Gasteiger partial charge < -0.3 is 4.90 Å². The Bertz CT molecular complexity index is 1090. The van der Waals surface area contributed by atoms with E-state index in [9.17, 15) is 9.59 Å². The van der Waals surface area contributed by atoms with Crippen LogP contribution in [-0.2, 0) is 9.59 Å². The van der Waals surface area contributed by atoms with E-state index >= 15 is 0 Å². The molecule has 1 aliphatic rings. The normalized spacial score (nSPS) is 14.2. The predicted octanol–water partition coefficient (Wildman–Crippen LogP) is 5.13. The van der Waals surface area contributed by atoms with Gasteiger partial charge >= 0.3 is 0 Å². The van der Waals surface area contributed by atoms with Gasteiger partial charge in [-0.15, -0.1) is 11.3 Å². The number of para-hydroxylation sites is 1. The Morgan fingerprint density at radius 1 is 0.929 bits per heavy atom. The first-order chi connectivity index (χ1) is 13.5. The smallest absolute Gasteiger partial charge is 0.282 e. The number of hydrogen-bond donors (Lipinski definition) is 0. The first-order valence-electron chi connectivity index (χ1n) is 8.71. The topological polar surface area (TPSA) is 40.6 Å². The standard InChI is InChI=1S/C22H17ClN2O2S/c1-14-16(23)10-6-11-17(14)25-21(26)19(18-12-7-13-28-18)20(22(25)27)24(2)15-8-4-3-5-9-15/h3-13H,1-2H3. The van der Waals surface area contributed by atoms with Crippen molar-refractivity contribution in [2.75, 3.05) is 16.8 Å². The van der Waals surface area contributed by atoms with Crippen molar-refractivity contribution >= 4 is 51.7 Å². The van der Waals surface area contributed by atoms with Crippen molar-refractivity contribution in [3.63, 3.8) is 0 Å². The highest BCUT2D eigenvalue weighted by Crippen LogP contribution is 2.39. The third-order valence-corrected chi connectivity index (χ3v) is 6.08. The zero-order chi connectivity index (χ0) is 19.8. The lowest BCUT2D eigenvalue weighted by atomic mass is 10.1. The second-order valence-corrected chi connectivity index (χ2v) is 7.78. The summed E-state index contributed by atoms with van der Waals surface area (Å²) in [6.07, 6.45) is 0. The molecule has 0 fully saturated rings. The first kappa shape index (κ1) is 18.5. The molecule has 2 aromatic carbocycles. The largest absolute Gasteiger partial charge is 0.339 e. The number of anilines is 2. The zero-order valence-corrected chi connectivity index (χ0v) is 16.9. The summed E-state index contributed by atoms with van der Waals surface area (Å²) in [5, 5.41) is 2.41. The summed E-state index contributed by atoms with van der Waals surface area (Å²) in [4.78, 5) is 30.6. The van der Waals surface area contributed by atoms with E-state index in [0.717, 1.165) is 10.6 Å². The summed E-state index contributed by atoms with van der Waals surface area (Å²) < 4.78 is 0. The number of nitrogens with zero attached hydrogens (tertiary/aromatic N) is 2. The number of halogens is 1. The molecule has 0 N–H and O–H groups in total. The molecule has 0 unspecified atom stereocenters. The number of hydrogen-bond acceptors (Lipinski definition) is 4. The van der Waals surface area contributed by atoms with Gasteiger partial charge in [-0.3, -0.25) is 9.59 Å². The van der Waals surface area contributed by atoms with Gasteiger partial charge in [0.05, 0.1) is 11.3 Å². The fraction of sp³-hybridized carbons (Fsp3) is 0.0909. The number of rotatable bonds is 4. The van der Waals surface area contributed by atoms with E-state index in [1.165, 1.54) is 16.2 Å². The van der Waals surface area contributed by atoms with E-state index in [2.05, 4.69) is 0 Å². The molecule has 0 bridgehead atoms. The molecule has 4 rings (SSSR count). The van der Waals surface area contributed by atoms with Crippen molar-refractivity contribution in [1.82, 2.24) is 0 Å². The second kappa shape index (κ2) is 7.26. The number of likely N-dealkylation sites (N-methyl/N-ethyl adjacent to an activating group) is 1. The van der Waals surface area contributed by atoms with Gasteiger partial charge in [-0.05, 0) is 48.2 Å². The maximum absolute atomic E-state index is 13.5. The Kier molecular flexibility index (Phi) is 4.79. The fourth-order valence-electron chi connectivity index (χ4n) is 3.31. The lowest BCUT2D eigenvalue weighted by molar-refractivity contribution is -0.120. The Balaban J connectivity index is 1.89. The third kappa shape index (κ3) is 2.93. The van der Waals surface area contributed by atoms with Crippen LogP contribution in [0.3, 0.4) is 0 Å². The lowest BCUT2D eigenvalue weighted by Gasteiger charge is -2.22. The summed E-state index contributed by atoms with van der Waals surface area (Å²) in [6, 6.07) is 18.5. The highest BCUT2D eigenvalue weighted by Gasteiger charge is 2.43. The molecule has 1 aromatic heterocycles. The van der Waals surface area contributed by atoms with Gasteiger partial charge in [0.15, 0.2) is 0 Å². The summed E-state index contributed by atoms with van der Waals surface area (Å²) in [5.74, 6) is -0.694.